The van der Waals surface area contributed by atoms with Crippen LogP contribution in [-0.4, -0.2) is 37.2 Å². The lowest BCUT2D eigenvalue weighted by Crippen LogP contribution is -2.20. The number of hydrogen-bond acceptors (Lipinski definition) is 6. The first kappa shape index (κ1) is 31.4. The fourth-order valence-corrected chi connectivity index (χ4v) is 4.08. The average Bonchev–Trinajstić information content (AvgIpc) is 2.77. The van der Waals surface area contributed by atoms with Crippen molar-refractivity contribution in [1.82, 2.24) is 0 Å². The van der Waals surface area contributed by atoms with Gasteiger partial charge in [0.25, 0.3) is 6.47 Å². The number of unbranched alkanes of at least 4 members (excludes halogenated alkanes) is 7. The van der Waals surface area contributed by atoms with E-state index in [-0.39, 0.29) is 24.1 Å². The highest BCUT2D eigenvalue weighted by Gasteiger charge is 2.17. The highest BCUT2D eigenvalue weighted by molar-refractivity contribution is 5.69. The summed E-state index contributed by atoms with van der Waals surface area (Å²) < 4.78 is 16.1. The Hall–Kier alpha value is -1.59. The molecule has 0 aliphatic rings. The summed E-state index contributed by atoms with van der Waals surface area (Å²) in [7, 11) is 0. The monoisotopic (exact) mass is 470 g/mol. The highest BCUT2D eigenvalue weighted by atomic mass is 16.5. The first-order valence-corrected chi connectivity index (χ1v) is 13.3. The van der Waals surface area contributed by atoms with E-state index in [9.17, 15) is 14.4 Å². The Morgan fingerprint density at radius 2 is 1.36 bits per heavy atom. The number of rotatable bonds is 23. The molecular formula is C27H50O6. The van der Waals surface area contributed by atoms with Crippen molar-refractivity contribution in [3.8, 4) is 0 Å². The molecule has 3 atom stereocenters. The van der Waals surface area contributed by atoms with Gasteiger partial charge in [0.1, 0.15) is 12.2 Å². The molecule has 6 heteroatoms. The quantitative estimate of drug-likeness (QED) is 0.0698. The third kappa shape index (κ3) is 20.7. The summed E-state index contributed by atoms with van der Waals surface area (Å²) in [5.41, 5.74) is 0. The lowest BCUT2D eigenvalue weighted by molar-refractivity contribution is -0.148. The maximum absolute atomic E-state index is 11.8. The molecule has 194 valence electrons. The van der Waals surface area contributed by atoms with Crippen LogP contribution in [0.15, 0.2) is 0 Å². The van der Waals surface area contributed by atoms with Gasteiger partial charge in [-0.25, -0.2) is 0 Å². The van der Waals surface area contributed by atoms with Crippen LogP contribution in [0, 0.1) is 5.92 Å². The Morgan fingerprint density at radius 3 is 2.00 bits per heavy atom. The van der Waals surface area contributed by atoms with Crippen LogP contribution in [0.5, 0.6) is 0 Å². The van der Waals surface area contributed by atoms with E-state index in [0.717, 1.165) is 77.0 Å². The summed E-state index contributed by atoms with van der Waals surface area (Å²) in [6, 6.07) is 0. The molecule has 0 heterocycles. The Balaban J connectivity index is 4.01. The normalized spacial score (nSPS) is 13.7. The molecule has 3 unspecified atom stereocenters. The van der Waals surface area contributed by atoms with Gasteiger partial charge in [-0.05, 0) is 57.3 Å². The molecular weight excluding hydrogens is 420 g/mol. The van der Waals surface area contributed by atoms with Crippen molar-refractivity contribution in [2.75, 3.05) is 6.61 Å². The highest BCUT2D eigenvalue weighted by Crippen LogP contribution is 2.19. The van der Waals surface area contributed by atoms with Gasteiger partial charge in [0.15, 0.2) is 0 Å². The molecule has 0 spiro atoms. The van der Waals surface area contributed by atoms with Crippen molar-refractivity contribution in [2.24, 2.45) is 5.92 Å². The van der Waals surface area contributed by atoms with Gasteiger partial charge in [-0.3, -0.25) is 14.4 Å². The zero-order valence-corrected chi connectivity index (χ0v) is 21.8. The lowest BCUT2D eigenvalue weighted by atomic mass is 10.00. The molecule has 33 heavy (non-hydrogen) atoms. The van der Waals surface area contributed by atoms with E-state index in [0.29, 0.717) is 31.8 Å². The van der Waals surface area contributed by atoms with Gasteiger partial charge in [0.2, 0.25) is 0 Å². The van der Waals surface area contributed by atoms with Gasteiger partial charge in [-0.15, -0.1) is 0 Å². The second kappa shape index (κ2) is 22.2. The van der Waals surface area contributed by atoms with Crippen LogP contribution in [0.1, 0.15) is 130 Å². The SMILES string of the molecule is CCCCCCC(CCC(CCCCCCCC(=O)OCC(C)CCC)OC=O)OC(C)=O. The minimum atomic E-state index is -0.248. The van der Waals surface area contributed by atoms with Crippen molar-refractivity contribution >= 4 is 18.4 Å². The van der Waals surface area contributed by atoms with E-state index < -0.39 is 0 Å². The van der Waals surface area contributed by atoms with Crippen LogP contribution in [0.4, 0.5) is 0 Å². The molecule has 0 aromatic heterocycles. The largest absolute Gasteiger partial charge is 0.465 e. The summed E-state index contributed by atoms with van der Waals surface area (Å²) in [6.45, 7) is 8.94. The van der Waals surface area contributed by atoms with Crippen LogP contribution in [0.2, 0.25) is 0 Å². The van der Waals surface area contributed by atoms with E-state index in [4.69, 9.17) is 14.2 Å². The van der Waals surface area contributed by atoms with E-state index in [1.54, 1.807) is 0 Å². The van der Waals surface area contributed by atoms with E-state index >= 15 is 0 Å². The van der Waals surface area contributed by atoms with Gasteiger partial charge in [0, 0.05) is 13.3 Å². The third-order valence-electron chi connectivity index (χ3n) is 5.99. The number of carbonyl (C=O) groups excluding carboxylic acids is 3. The Kier molecular flexibility index (Phi) is 21.1. The molecule has 0 radical (unpaired) electrons. The first-order chi connectivity index (χ1) is 15.9. The molecule has 0 aliphatic carbocycles. The molecule has 0 N–H and O–H groups in total. The Morgan fingerprint density at radius 1 is 0.758 bits per heavy atom. The predicted molar refractivity (Wildman–Crippen MR) is 132 cm³/mol. The van der Waals surface area contributed by atoms with Crippen molar-refractivity contribution in [2.45, 2.75) is 143 Å². The molecule has 0 saturated heterocycles. The second-order valence-electron chi connectivity index (χ2n) is 9.40. The molecule has 0 fully saturated rings. The summed E-state index contributed by atoms with van der Waals surface area (Å²) >= 11 is 0. The fourth-order valence-electron chi connectivity index (χ4n) is 4.08. The molecule has 0 aromatic carbocycles. The van der Waals surface area contributed by atoms with Crippen molar-refractivity contribution in [3.63, 3.8) is 0 Å². The van der Waals surface area contributed by atoms with Crippen LogP contribution in [-0.2, 0) is 28.6 Å². The lowest BCUT2D eigenvalue weighted by Gasteiger charge is -2.20. The van der Waals surface area contributed by atoms with E-state index in [1.807, 2.05) is 0 Å². The maximum atomic E-state index is 11.8. The molecule has 6 nitrogen and oxygen atoms in total. The molecule has 0 rings (SSSR count). The van der Waals surface area contributed by atoms with Gasteiger partial charge in [-0.1, -0.05) is 65.7 Å². The van der Waals surface area contributed by atoms with E-state index in [2.05, 4.69) is 20.8 Å². The summed E-state index contributed by atoms with van der Waals surface area (Å²) in [5, 5.41) is 0. The smallest absolute Gasteiger partial charge is 0.305 e. The minimum absolute atomic E-state index is 0.0885. The zero-order valence-electron chi connectivity index (χ0n) is 21.8. The van der Waals surface area contributed by atoms with Crippen LogP contribution in [0.3, 0.4) is 0 Å². The van der Waals surface area contributed by atoms with Crippen molar-refractivity contribution in [1.29, 1.82) is 0 Å². The Labute approximate surface area is 202 Å². The number of hydrogen-bond donors (Lipinski definition) is 0. The predicted octanol–water partition coefficient (Wildman–Crippen LogP) is 6.92. The second-order valence-corrected chi connectivity index (χ2v) is 9.40. The van der Waals surface area contributed by atoms with Gasteiger partial charge in [-0.2, -0.15) is 0 Å². The molecule has 0 amide bonds. The average molecular weight is 471 g/mol. The van der Waals surface area contributed by atoms with Gasteiger partial charge in [0.05, 0.1) is 6.61 Å². The standard InChI is InChI=1S/C27H50O6/c1-5-7-8-12-17-26(33-24(4)29)20-19-25(32-22-28)16-13-10-9-11-14-18-27(30)31-21-23(3)15-6-2/h22-23,25-26H,5-21H2,1-4H3. The zero-order chi connectivity index (χ0) is 24.7. The molecule has 0 bridgehead atoms. The molecule has 0 saturated carbocycles. The van der Waals surface area contributed by atoms with Gasteiger partial charge < -0.3 is 14.2 Å². The maximum Gasteiger partial charge on any atom is 0.305 e. The number of esters is 2. The molecule has 0 aromatic rings. The van der Waals surface area contributed by atoms with Crippen molar-refractivity contribution < 1.29 is 28.6 Å². The van der Waals surface area contributed by atoms with Crippen LogP contribution >= 0.6 is 0 Å². The Bertz CT molecular complexity index is 493. The minimum Gasteiger partial charge on any atom is -0.465 e. The topological polar surface area (TPSA) is 78.9 Å². The summed E-state index contributed by atoms with van der Waals surface area (Å²) in [6.07, 6.45) is 15.1. The molecule has 0 aliphatic heterocycles. The first-order valence-electron chi connectivity index (χ1n) is 13.3. The van der Waals surface area contributed by atoms with Gasteiger partial charge >= 0.3 is 11.9 Å². The fraction of sp³-hybridized carbons (Fsp3) is 0.889. The van der Waals surface area contributed by atoms with E-state index in [1.165, 1.54) is 19.8 Å². The summed E-state index contributed by atoms with van der Waals surface area (Å²) in [4.78, 5) is 34.1. The van der Waals surface area contributed by atoms with Crippen LogP contribution < -0.4 is 0 Å². The van der Waals surface area contributed by atoms with Crippen LogP contribution in [0.25, 0.3) is 0 Å². The number of carbonyl (C=O) groups is 3. The number of ether oxygens (including phenoxy) is 3. The summed E-state index contributed by atoms with van der Waals surface area (Å²) in [5.74, 6) is 0.1000. The third-order valence-corrected chi connectivity index (χ3v) is 5.99. The van der Waals surface area contributed by atoms with Crippen molar-refractivity contribution in [3.05, 3.63) is 0 Å².